The summed E-state index contributed by atoms with van der Waals surface area (Å²) in [5.74, 6) is -0.109. The Morgan fingerprint density at radius 3 is 2.74 bits per heavy atom. The predicted molar refractivity (Wildman–Crippen MR) is 75.7 cm³/mol. The molecule has 0 aliphatic heterocycles. The molecule has 1 aromatic carbocycles. The molecule has 0 fully saturated rings. The minimum Gasteiger partial charge on any atom is -0.399 e. The van der Waals surface area contributed by atoms with Gasteiger partial charge >= 0.3 is 0 Å². The lowest BCUT2D eigenvalue weighted by atomic mass is 10.1. The number of carbonyl (C=O) groups is 1. The van der Waals surface area contributed by atoms with E-state index in [1.54, 1.807) is 24.4 Å². The Hall–Kier alpha value is -2.36. The van der Waals surface area contributed by atoms with E-state index in [0.717, 1.165) is 16.8 Å². The number of carbonyl (C=O) groups excluding carboxylic acids is 1. The quantitative estimate of drug-likeness (QED) is 0.826. The van der Waals surface area contributed by atoms with E-state index in [0.29, 0.717) is 17.8 Å². The number of rotatable bonds is 3. The van der Waals surface area contributed by atoms with Crippen LogP contribution in [0.15, 0.2) is 36.5 Å². The molecule has 19 heavy (non-hydrogen) atoms. The lowest BCUT2D eigenvalue weighted by Crippen LogP contribution is -2.24. The Labute approximate surface area is 112 Å². The molecule has 1 amide bonds. The van der Waals surface area contributed by atoms with Crippen LogP contribution in [-0.2, 0) is 6.54 Å². The van der Waals surface area contributed by atoms with Crippen LogP contribution >= 0.6 is 0 Å². The molecule has 0 spiro atoms. The fraction of sp³-hybridized carbons (Fsp3) is 0.200. The predicted octanol–water partition coefficient (Wildman–Crippen LogP) is 2.21. The summed E-state index contributed by atoms with van der Waals surface area (Å²) in [7, 11) is 0. The molecule has 2 aromatic rings. The summed E-state index contributed by atoms with van der Waals surface area (Å²) in [6.07, 6.45) is 1.73. The molecule has 0 atom stereocenters. The van der Waals surface area contributed by atoms with Crippen molar-refractivity contribution in [2.45, 2.75) is 20.4 Å². The summed E-state index contributed by atoms with van der Waals surface area (Å²) in [4.78, 5) is 16.3. The van der Waals surface area contributed by atoms with Crippen LogP contribution in [0.4, 0.5) is 5.69 Å². The van der Waals surface area contributed by atoms with Crippen molar-refractivity contribution >= 4 is 11.6 Å². The monoisotopic (exact) mass is 255 g/mol. The second-order valence-electron chi connectivity index (χ2n) is 4.52. The second-order valence-corrected chi connectivity index (χ2v) is 4.52. The highest BCUT2D eigenvalue weighted by Gasteiger charge is 2.09. The van der Waals surface area contributed by atoms with Gasteiger partial charge in [0.2, 0.25) is 0 Å². The molecule has 0 bridgehead atoms. The van der Waals surface area contributed by atoms with E-state index in [2.05, 4.69) is 10.3 Å². The SMILES string of the molecule is Cc1cc(N)ccc1C(=O)NCc1ncccc1C. The lowest BCUT2D eigenvalue weighted by molar-refractivity contribution is 0.0950. The number of nitrogens with two attached hydrogens (primary N) is 1. The lowest BCUT2D eigenvalue weighted by Gasteiger charge is -2.09. The van der Waals surface area contributed by atoms with Crippen molar-refractivity contribution in [3.63, 3.8) is 0 Å². The maximum Gasteiger partial charge on any atom is 0.251 e. The molecule has 98 valence electrons. The summed E-state index contributed by atoms with van der Waals surface area (Å²) in [5, 5.41) is 2.87. The number of anilines is 1. The van der Waals surface area contributed by atoms with Crippen molar-refractivity contribution in [2.24, 2.45) is 0 Å². The van der Waals surface area contributed by atoms with Crippen molar-refractivity contribution in [3.8, 4) is 0 Å². The second kappa shape index (κ2) is 5.52. The highest BCUT2D eigenvalue weighted by Crippen LogP contribution is 2.12. The number of nitrogens with one attached hydrogen (secondary N) is 1. The van der Waals surface area contributed by atoms with Gasteiger partial charge in [0.05, 0.1) is 12.2 Å². The van der Waals surface area contributed by atoms with Gasteiger partial charge in [-0.05, 0) is 49.2 Å². The van der Waals surface area contributed by atoms with E-state index in [4.69, 9.17) is 5.73 Å². The maximum atomic E-state index is 12.1. The number of aromatic nitrogens is 1. The molecule has 0 radical (unpaired) electrons. The fourth-order valence-electron chi connectivity index (χ4n) is 1.90. The fourth-order valence-corrected chi connectivity index (χ4v) is 1.90. The number of aryl methyl sites for hydroxylation is 2. The summed E-state index contributed by atoms with van der Waals surface area (Å²) in [6.45, 7) is 4.27. The van der Waals surface area contributed by atoms with Crippen molar-refractivity contribution in [1.82, 2.24) is 10.3 Å². The standard InChI is InChI=1S/C15H17N3O/c1-10-4-3-7-17-14(10)9-18-15(19)13-6-5-12(16)8-11(13)2/h3-8H,9,16H2,1-2H3,(H,18,19). The average Bonchev–Trinajstić information content (AvgIpc) is 2.37. The molecule has 4 nitrogen and oxygen atoms in total. The number of benzene rings is 1. The smallest absolute Gasteiger partial charge is 0.251 e. The van der Waals surface area contributed by atoms with Crippen molar-refractivity contribution in [1.29, 1.82) is 0 Å². The van der Waals surface area contributed by atoms with Crippen LogP contribution in [0.1, 0.15) is 27.2 Å². The first-order valence-electron chi connectivity index (χ1n) is 6.13. The maximum absolute atomic E-state index is 12.1. The third-order valence-electron chi connectivity index (χ3n) is 3.03. The number of nitrogens with zero attached hydrogens (tertiary/aromatic N) is 1. The highest BCUT2D eigenvalue weighted by molar-refractivity contribution is 5.95. The normalized spacial score (nSPS) is 10.2. The third kappa shape index (κ3) is 3.10. The van der Waals surface area contributed by atoms with Gasteiger partial charge in [-0.1, -0.05) is 6.07 Å². The first-order valence-corrected chi connectivity index (χ1v) is 6.13. The first-order chi connectivity index (χ1) is 9.08. The van der Waals surface area contributed by atoms with Gasteiger partial charge in [-0.15, -0.1) is 0 Å². The summed E-state index contributed by atoms with van der Waals surface area (Å²) in [6, 6.07) is 9.12. The summed E-state index contributed by atoms with van der Waals surface area (Å²) >= 11 is 0. The molecule has 0 unspecified atom stereocenters. The van der Waals surface area contributed by atoms with Crippen LogP contribution in [0.3, 0.4) is 0 Å². The number of pyridine rings is 1. The summed E-state index contributed by atoms with van der Waals surface area (Å²) < 4.78 is 0. The molecule has 1 heterocycles. The van der Waals surface area contributed by atoms with Crippen molar-refractivity contribution in [2.75, 3.05) is 5.73 Å². The Kier molecular flexibility index (Phi) is 3.80. The zero-order chi connectivity index (χ0) is 13.8. The molecule has 0 saturated carbocycles. The summed E-state index contributed by atoms with van der Waals surface area (Å²) in [5.41, 5.74) is 9.79. The molecule has 0 saturated heterocycles. The van der Waals surface area contributed by atoms with Crippen molar-refractivity contribution < 1.29 is 4.79 Å². The third-order valence-corrected chi connectivity index (χ3v) is 3.03. The molecular weight excluding hydrogens is 238 g/mol. The Morgan fingerprint density at radius 1 is 1.26 bits per heavy atom. The van der Waals surface area contributed by atoms with Crippen LogP contribution in [0.5, 0.6) is 0 Å². The first kappa shape index (κ1) is 13.1. The molecule has 0 aliphatic rings. The van der Waals surface area contributed by atoms with Crippen LogP contribution in [-0.4, -0.2) is 10.9 Å². The minimum atomic E-state index is -0.109. The molecule has 1 aromatic heterocycles. The largest absolute Gasteiger partial charge is 0.399 e. The van der Waals surface area contributed by atoms with Gasteiger partial charge in [0.1, 0.15) is 0 Å². The Balaban J connectivity index is 2.08. The molecule has 2 rings (SSSR count). The molecule has 4 heteroatoms. The van der Waals surface area contributed by atoms with Crippen LogP contribution < -0.4 is 11.1 Å². The van der Waals surface area contributed by atoms with Gasteiger partial charge in [-0.2, -0.15) is 0 Å². The number of hydrogen-bond donors (Lipinski definition) is 2. The van der Waals surface area contributed by atoms with E-state index in [-0.39, 0.29) is 5.91 Å². The molecule has 0 aliphatic carbocycles. The van der Waals surface area contributed by atoms with Crippen molar-refractivity contribution in [3.05, 3.63) is 58.9 Å². The van der Waals surface area contributed by atoms with Gasteiger partial charge in [0.15, 0.2) is 0 Å². The van der Waals surface area contributed by atoms with Gasteiger partial charge in [-0.3, -0.25) is 9.78 Å². The van der Waals surface area contributed by atoms with E-state index in [1.165, 1.54) is 0 Å². The zero-order valence-electron chi connectivity index (χ0n) is 11.1. The van der Waals surface area contributed by atoms with E-state index >= 15 is 0 Å². The van der Waals surface area contributed by atoms with E-state index < -0.39 is 0 Å². The van der Waals surface area contributed by atoms with Gasteiger partial charge in [0.25, 0.3) is 5.91 Å². The molecular formula is C15H17N3O. The number of hydrogen-bond acceptors (Lipinski definition) is 3. The van der Waals surface area contributed by atoms with Crippen LogP contribution in [0.2, 0.25) is 0 Å². The minimum absolute atomic E-state index is 0.109. The van der Waals surface area contributed by atoms with E-state index in [9.17, 15) is 4.79 Å². The van der Waals surface area contributed by atoms with Gasteiger partial charge in [-0.25, -0.2) is 0 Å². The van der Waals surface area contributed by atoms with Gasteiger partial charge in [0, 0.05) is 17.4 Å². The average molecular weight is 255 g/mol. The zero-order valence-corrected chi connectivity index (χ0v) is 11.1. The number of nitrogen functional groups attached to an aromatic ring is 1. The topological polar surface area (TPSA) is 68.0 Å². The van der Waals surface area contributed by atoms with Crippen LogP contribution in [0.25, 0.3) is 0 Å². The Bertz CT molecular complexity index is 608. The molecule has 3 N–H and O–H groups in total. The number of amides is 1. The Morgan fingerprint density at radius 2 is 2.05 bits per heavy atom. The van der Waals surface area contributed by atoms with Gasteiger partial charge < -0.3 is 11.1 Å². The van der Waals surface area contributed by atoms with E-state index in [1.807, 2.05) is 26.0 Å². The van der Waals surface area contributed by atoms with Crippen LogP contribution in [0, 0.1) is 13.8 Å². The highest BCUT2D eigenvalue weighted by atomic mass is 16.1.